The number of nitrogens with two attached hydrogens (primary N) is 1. The summed E-state index contributed by atoms with van der Waals surface area (Å²) in [5.74, 6) is 1.39. The lowest BCUT2D eigenvalue weighted by Crippen LogP contribution is -2.42. The van der Waals surface area contributed by atoms with Gasteiger partial charge in [0.15, 0.2) is 11.5 Å². The molecule has 0 heterocycles. The first-order chi connectivity index (χ1) is 9.08. The molecule has 0 fully saturated rings. The Bertz CT molecular complexity index is 394. The third-order valence-corrected chi connectivity index (χ3v) is 3.94. The Morgan fingerprint density at radius 2 is 1.63 bits per heavy atom. The lowest BCUT2D eigenvalue weighted by molar-refractivity contribution is -0.0386. The van der Waals surface area contributed by atoms with E-state index in [0.717, 1.165) is 18.4 Å². The Balaban J connectivity index is 3.15. The number of methoxy groups -OCH3 is 3. The predicted molar refractivity (Wildman–Crippen MR) is 76.8 cm³/mol. The van der Waals surface area contributed by atoms with Gasteiger partial charge in [-0.05, 0) is 30.5 Å². The van der Waals surface area contributed by atoms with E-state index in [4.69, 9.17) is 19.9 Å². The molecule has 0 spiro atoms. The van der Waals surface area contributed by atoms with E-state index in [9.17, 15) is 0 Å². The molecule has 2 N–H and O–H groups in total. The van der Waals surface area contributed by atoms with Crippen LogP contribution in [0.25, 0.3) is 0 Å². The quantitative estimate of drug-likeness (QED) is 0.825. The number of ether oxygens (including phenoxy) is 3. The number of hydrogen-bond acceptors (Lipinski definition) is 4. The zero-order chi connectivity index (χ0) is 14.5. The van der Waals surface area contributed by atoms with E-state index in [1.807, 2.05) is 18.2 Å². The summed E-state index contributed by atoms with van der Waals surface area (Å²) in [7, 11) is 4.96. The van der Waals surface area contributed by atoms with Crippen molar-refractivity contribution in [3.05, 3.63) is 23.8 Å². The Morgan fingerprint density at radius 3 is 2.05 bits per heavy atom. The number of hydrogen-bond donors (Lipinski definition) is 1. The van der Waals surface area contributed by atoms with Gasteiger partial charge < -0.3 is 19.9 Å². The van der Waals surface area contributed by atoms with E-state index in [-0.39, 0.29) is 11.6 Å². The van der Waals surface area contributed by atoms with Crippen LogP contribution >= 0.6 is 0 Å². The molecule has 4 nitrogen and oxygen atoms in total. The van der Waals surface area contributed by atoms with Crippen LogP contribution in [0.15, 0.2) is 18.2 Å². The Kier molecular flexibility index (Phi) is 5.63. The van der Waals surface area contributed by atoms with Gasteiger partial charge in [-0.2, -0.15) is 0 Å². The standard InChI is InChI=1S/C15H25NO3/c1-6-15(7-2,19-5)14(16)11-8-9-12(17-3)13(10-11)18-4/h8-10,14H,6-7,16H2,1-5H3. The molecule has 108 valence electrons. The molecule has 0 aliphatic rings. The van der Waals surface area contributed by atoms with Gasteiger partial charge in [-0.3, -0.25) is 0 Å². The monoisotopic (exact) mass is 267 g/mol. The summed E-state index contributed by atoms with van der Waals surface area (Å²) in [6.45, 7) is 4.18. The van der Waals surface area contributed by atoms with Crippen molar-refractivity contribution in [1.82, 2.24) is 0 Å². The van der Waals surface area contributed by atoms with Crippen molar-refractivity contribution in [3.8, 4) is 11.5 Å². The van der Waals surface area contributed by atoms with Crippen molar-refractivity contribution in [2.75, 3.05) is 21.3 Å². The van der Waals surface area contributed by atoms with Crippen LogP contribution in [0.2, 0.25) is 0 Å². The molecule has 0 aliphatic heterocycles. The van der Waals surface area contributed by atoms with Crippen molar-refractivity contribution in [3.63, 3.8) is 0 Å². The summed E-state index contributed by atoms with van der Waals surface area (Å²) >= 11 is 0. The highest BCUT2D eigenvalue weighted by Gasteiger charge is 2.34. The van der Waals surface area contributed by atoms with Crippen LogP contribution in [0, 0.1) is 0 Å². The van der Waals surface area contributed by atoms with Gasteiger partial charge in [0.2, 0.25) is 0 Å². The van der Waals surface area contributed by atoms with E-state index >= 15 is 0 Å². The molecule has 0 radical (unpaired) electrons. The topological polar surface area (TPSA) is 53.7 Å². The Morgan fingerprint density at radius 1 is 1.05 bits per heavy atom. The molecule has 19 heavy (non-hydrogen) atoms. The number of benzene rings is 1. The molecule has 0 aromatic heterocycles. The summed E-state index contributed by atoms with van der Waals surface area (Å²) in [5.41, 5.74) is 7.04. The van der Waals surface area contributed by atoms with Crippen LogP contribution < -0.4 is 15.2 Å². The average Bonchev–Trinajstić information content (AvgIpc) is 2.48. The van der Waals surface area contributed by atoms with E-state index in [0.29, 0.717) is 11.5 Å². The second-order valence-electron chi connectivity index (χ2n) is 4.57. The maximum atomic E-state index is 6.40. The highest BCUT2D eigenvalue weighted by atomic mass is 16.5. The zero-order valence-corrected chi connectivity index (χ0v) is 12.5. The molecule has 1 atom stereocenters. The molecule has 0 saturated heterocycles. The largest absolute Gasteiger partial charge is 0.493 e. The SMILES string of the molecule is CCC(CC)(OC)C(N)c1ccc(OC)c(OC)c1. The smallest absolute Gasteiger partial charge is 0.161 e. The Hall–Kier alpha value is -1.26. The Labute approximate surface area is 115 Å². The predicted octanol–water partition coefficient (Wildman–Crippen LogP) is 2.91. The molecule has 1 aromatic rings. The summed E-state index contributed by atoms with van der Waals surface area (Å²) < 4.78 is 16.2. The molecule has 0 bridgehead atoms. The number of rotatable bonds is 7. The first-order valence-corrected chi connectivity index (χ1v) is 6.61. The second-order valence-corrected chi connectivity index (χ2v) is 4.57. The van der Waals surface area contributed by atoms with E-state index < -0.39 is 0 Å². The van der Waals surface area contributed by atoms with E-state index in [2.05, 4.69) is 13.8 Å². The molecule has 0 saturated carbocycles. The van der Waals surface area contributed by atoms with E-state index in [1.54, 1.807) is 21.3 Å². The minimum atomic E-state index is -0.348. The highest BCUT2D eigenvalue weighted by Crippen LogP contribution is 2.36. The van der Waals surface area contributed by atoms with Crippen LogP contribution in [0.4, 0.5) is 0 Å². The van der Waals surface area contributed by atoms with Crippen molar-refractivity contribution in [2.45, 2.75) is 38.3 Å². The molecule has 4 heteroatoms. The maximum Gasteiger partial charge on any atom is 0.161 e. The summed E-state index contributed by atoms with van der Waals surface area (Å²) in [4.78, 5) is 0. The molecule has 1 aromatic carbocycles. The molecule has 0 aliphatic carbocycles. The third-order valence-electron chi connectivity index (χ3n) is 3.94. The van der Waals surface area contributed by atoms with Crippen molar-refractivity contribution in [1.29, 1.82) is 0 Å². The summed E-state index contributed by atoms with van der Waals surface area (Å²) in [6.07, 6.45) is 1.71. The first-order valence-electron chi connectivity index (χ1n) is 6.61. The van der Waals surface area contributed by atoms with Crippen molar-refractivity contribution < 1.29 is 14.2 Å². The fraction of sp³-hybridized carbons (Fsp3) is 0.600. The highest BCUT2D eigenvalue weighted by molar-refractivity contribution is 5.44. The van der Waals surface area contributed by atoms with Crippen molar-refractivity contribution >= 4 is 0 Å². The van der Waals surface area contributed by atoms with Gasteiger partial charge in [0.05, 0.1) is 25.9 Å². The van der Waals surface area contributed by atoms with Crippen LogP contribution in [0.5, 0.6) is 11.5 Å². The molecule has 1 rings (SSSR count). The zero-order valence-electron chi connectivity index (χ0n) is 12.5. The molecular weight excluding hydrogens is 242 g/mol. The third kappa shape index (κ3) is 3.01. The molecule has 1 unspecified atom stereocenters. The van der Waals surface area contributed by atoms with Crippen LogP contribution in [0.1, 0.15) is 38.3 Å². The fourth-order valence-electron chi connectivity index (χ4n) is 2.46. The van der Waals surface area contributed by atoms with Crippen LogP contribution in [-0.4, -0.2) is 26.9 Å². The minimum Gasteiger partial charge on any atom is -0.493 e. The van der Waals surface area contributed by atoms with Gasteiger partial charge in [0, 0.05) is 7.11 Å². The van der Waals surface area contributed by atoms with Gasteiger partial charge >= 0.3 is 0 Å². The lowest BCUT2D eigenvalue weighted by atomic mass is 9.84. The average molecular weight is 267 g/mol. The fourth-order valence-corrected chi connectivity index (χ4v) is 2.46. The van der Waals surface area contributed by atoms with Gasteiger partial charge in [-0.1, -0.05) is 19.9 Å². The van der Waals surface area contributed by atoms with Crippen LogP contribution in [-0.2, 0) is 4.74 Å². The van der Waals surface area contributed by atoms with Crippen molar-refractivity contribution in [2.24, 2.45) is 5.73 Å². The van der Waals surface area contributed by atoms with Gasteiger partial charge in [0.25, 0.3) is 0 Å². The van der Waals surface area contributed by atoms with Gasteiger partial charge in [-0.25, -0.2) is 0 Å². The summed E-state index contributed by atoms with van der Waals surface area (Å²) in [6, 6.07) is 5.56. The van der Waals surface area contributed by atoms with E-state index in [1.165, 1.54) is 0 Å². The molecule has 0 amide bonds. The lowest BCUT2D eigenvalue weighted by Gasteiger charge is -2.36. The first kappa shape index (κ1) is 15.8. The van der Waals surface area contributed by atoms with Gasteiger partial charge in [0.1, 0.15) is 0 Å². The maximum absolute atomic E-state index is 6.40. The van der Waals surface area contributed by atoms with Crippen LogP contribution in [0.3, 0.4) is 0 Å². The molecular formula is C15H25NO3. The van der Waals surface area contributed by atoms with Gasteiger partial charge in [-0.15, -0.1) is 0 Å². The normalized spacial score (nSPS) is 13.2. The minimum absolute atomic E-state index is 0.202. The summed E-state index contributed by atoms with van der Waals surface area (Å²) in [5, 5.41) is 0. The second kappa shape index (κ2) is 6.78.